The first kappa shape index (κ1) is 23.2. The minimum absolute atomic E-state index is 0. The van der Waals surface area contributed by atoms with E-state index in [4.69, 9.17) is 5.11 Å². The van der Waals surface area contributed by atoms with E-state index in [9.17, 15) is 9.59 Å². The molecule has 5 nitrogen and oxygen atoms in total. The van der Waals surface area contributed by atoms with Gasteiger partial charge in [0.15, 0.2) is 0 Å². The number of carboxylic acid groups (broad SMARTS) is 1. The second-order valence-electron chi connectivity index (χ2n) is 8.09. The van der Waals surface area contributed by atoms with Crippen molar-refractivity contribution in [2.75, 3.05) is 26.7 Å². The molecule has 1 aliphatic carbocycles. The van der Waals surface area contributed by atoms with Crippen molar-refractivity contribution in [1.29, 1.82) is 0 Å². The van der Waals surface area contributed by atoms with E-state index in [0.717, 1.165) is 51.1 Å². The Kier molecular flexibility index (Phi) is 10.6. The molecule has 1 saturated heterocycles. The Balaban J connectivity index is 0.00000338. The van der Waals surface area contributed by atoms with Crippen molar-refractivity contribution < 1.29 is 14.7 Å². The number of amides is 1. The van der Waals surface area contributed by atoms with Gasteiger partial charge < -0.3 is 10.0 Å². The molecule has 0 aromatic carbocycles. The van der Waals surface area contributed by atoms with Gasteiger partial charge in [-0.1, -0.05) is 45.4 Å². The Morgan fingerprint density at radius 3 is 2.27 bits per heavy atom. The van der Waals surface area contributed by atoms with Gasteiger partial charge in [-0.3, -0.25) is 14.5 Å². The molecule has 6 heteroatoms. The van der Waals surface area contributed by atoms with E-state index in [1.165, 1.54) is 32.1 Å². The number of rotatable bonds is 8. The highest BCUT2D eigenvalue weighted by atomic mass is 35.5. The van der Waals surface area contributed by atoms with E-state index in [-0.39, 0.29) is 30.9 Å². The predicted molar refractivity (Wildman–Crippen MR) is 107 cm³/mol. The van der Waals surface area contributed by atoms with Crippen LogP contribution in [0.5, 0.6) is 0 Å². The van der Waals surface area contributed by atoms with Crippen molar-refractivity contribution in [2.24, 2.45) is 11.8 Å². The first-order valence-corrected chi connectivity index (χ1v) is 10.2. The van der Waals surface area contributed by atoms with Crippen LogP contribution >= 0.6 is 12.4 Å². The van der Waals surface area contributed by atoms with Crippen LogP contribution in [0.4, 0.5) is 0 Å². The number of halogens is 1. The number of aliphatic carboxylic acids is 1. The van der Waals surface area contributed by atoms with Gasteiger partial charge in [-0.2, -0.15) is 0 Å². The molecule has 1 heterocycles. The van der Waals surface area contributed by atoms with Crippen LogP contribution in [0.25, 0.3) is 0 Å². The summed E-state index contributed by atoms with van der Waals surface area (Å²) in [5, 5.41) is 8.94. The standard InChI is InChI=1S/C20H36N2O3.ClH/c1-3-7-17(14-16-8-5-4-6-9-16)20(25)22-12-10-18(11-13-22)21(2)15-19(23)24;/h16-18H,3-15H2,1-2H3,(H,23,24);1H. The van der Waals surface area contributed by atoms with E-state index in [1.54, 1.807) is 0 Å². The minimum Gasteiger partial charge on any atom is -0.480 e. The third-order valence-electron chi connectivity index (χ3n) is 6.11. The zero-order valence-electron chi connectivity index (χ0n) is 16.5. The van der Waals surface area contributed by atoms with Crippen molar-refractivity contribution in [3.05, 3.63) is 0 Å². The number of hydrogen-bond donors (Lipinski definition) is 1. The zero-order valence-corrected chi connectivity index (χ0v) is 17.3. The summed E-state index contributed by atoms with van der Waals surface area (Å²) in [5.74, 6) is 0.512. The van der Waals surface area contributed by atoms with Gasteiger partial charge in [0.1, 0.15) is 0 Å². The number of likely N-dealkylation sites (N-methyl/N-ethyl adjacent to an activating group) is 1. The Labute approximate surface area is 164 Å². The van der Waals surface area contributed by atoms with Crippen molar-refractivity contribution in [3.63, 3.8) is 0 Å². The van der Waals surface area contributed by atoms with Crippen LogP contribution in [-0.4, -0.2) is 59.5 Å². The predicted octanol–water partition coefficient (Wildman–Crippen LogP) is 3.80. The lowest BCUT2D eigenvalue weighted by Gasteiger charge is -2.38. The molecule has 1 unspecified atom stereocenters. The highest BCUT2D eigenvalue weighted by Crippen LogP contribution is 2.32. The molecular weight excluding hydrogens is 352 g/mol. The van der Waals surface area contributed by atoms with Crippen LogP contribution < -0.4 is 0 Å². The third kappa shape index (κ3) is 7.07. The summed E-state index contributed by atoms with van der Waals surface area (Å²) in [6.07, 6.45) is 11.6. The maximum Gasteiger partial charge on any atom is 0.317 e. The first-order chi connectivity index (χ1) is 12.0. The fraction of sp³-hybridized carbons (Fsp3) is 0.900. The number of hydrogen-bond acceptors (Lipinski definition) is 3. The van der Waals surface area contributed by atoms with E-state index >= 15 is 0 Å². The van der Waals surface area contributed by atoms with Crippen LogP contribution in [0.2, 0.25) is 0 Å². The molecule has 0 radical (unpaired) electrons. The molecule has 0 spiro atoms. The van der Waals surface area contributed by atoms with Crippen LogP contribution in [0.15, 0.2) is 0 Å². The molecule has 0 aromatic heterocycles. The second-order valence-corrected chi connectivity index (χ2v) is 8.09. The van der Waals surface area contributed by atoms with Crippen LogP contribution in [0, 0.1) is 11.8 Å². The quantitative estimate of drug-likeness (QED) is 0.686. The lowest BCUT2D eigenvalue weighted by molar-refractivity contribution is -0.141. The normalized spacial score (nSPS) is 20.7. The van der Waals surface area contributed by atoms with Crippen LogP contribution in [-0.2, 0) is 9.59 Å². The molecule has 2 fully saturated rings. The SMILES string of the molecule is CCCC(CC1CCCCC1)C(=O)N1CCC(N(C)CC(=O)O)CC1.Cl. The van der Waals surface area contributed by atoms with Gasteiger partial charge in [0.05, 0.1) is 6.54 Å². The first-order valence-electron chi connectivity index (χ1n) is 10.2. The molecular formula is C20H37ClN2O3. The number of carboxylic acids is 1. The van der Waals surface area contributed by atoms with E-state index in [2.05, 4.69) is 6.92 Å². The Hall–Kier alpha value is -0.810. The summed E-state index contributed by atoms with van der Waals surface area (Å²) in [7, 11) is 1.87. The van der Waals surface area contributed by atoms with Gasteiger partial charge in [-0.25, -0.2) is 0 Å². The fourth-order valence-electron chi connectivity index (χ4n) is 4.64. The Bertz CT molecular complexity index is 433. The maximum atomic E-state index is 13.0. The number of piperidine rings is 1. The summed E-state index contributed by atoms with van der Waals surface area (Å²) in [6, 6.07) is 0.281. The number of nitrogens with zero attached hydrogens (tertiary/aromatic N) is 2. The van der Waals surface area contributed by atoms with Crippen molar-refractivity contribution >= 4 is 24.3 Å². The summed E-state index contributed by atoms with van der Waals surface area (Å²) in [6.45, 7) is 3.81. The molecule has 2 aliphatic rings. The average molecular weight is 389 g/mol. The van der Waals surface area contributed by atoms with E-state index < -0.39 is 5.97 Å². The van der Waals surface area contributed by atoms with Crippen molar-refractivity contribution in [1.82, 2.24) is 9.80 Å². The van der Waals surface area contributed by atoms with Gasteiger partial charge in [-0.05, 0) is 38.6 Å². The largest absolute Gasteiger partial charge is 0.480 e. The van der Waals surface area contributed by atoms with Gasteiger partial charge >= 0.3 is 5.97 Å². The lowest BCUT2D eigenvalue weighted by atomic mass is 9.81. The molecule has 152 valence electrons. The van der Waals surface area contributed by atoms with Gasteiger partial charge in [0.25, 0.3) is 0 Å². The molecule has 1 N–H and O–H groups in total. The molecule has 2 rings (SSSR count). The van der Waals surface area contributed by atoms with Crippen LogP contribution in [0.1, 0.15) is 71.1 Å². The molecule has 0 bridgehead atoms. The highest BCUT2D eigenvalue weighted by molar-refractivity contribution is 5.85. The monoisotopic (exact) mass is 388 g/mol. The third-order valence-corrected chi connectivity index (χ3v) is 6.11. The lowest BCUT2D eigenvalue weighted by Crippen LogP contribution is -2.48. The minimum atomic E-state index is -0.781. The zero-order chi connectivity index (χ0) is 18.2. The summed E-state index contributed by atoms with van der Waals surface area (Å²) in [5.41, 5.74) is 0. The smallest absolute Gasteiger partial charge is 0.317 e. The van der Waals surface area contributed by atoms with Gasteiger partial charge in [0, 0.05) is 25.0 Å². The van der Waals surface area contributed by atoms with E-state index in [1.807, 2.05) is 16.8 Å². The molecule has 1 saturated carbocycles. The Morgan fingerprint density at radius 1 is 1.12 bits per heavy atom. The van der Waals surface area contributed by atoms with Crippen molar-refractivity contribution in [2.45, 2.75) is 77.2 Å². The molecule has 0 aromatic rings. The maximum absolute atomic E-state index is 13.0. The average Bonchev–Trinajstić information content (AvgIpc) is 2.61. The van der Waals surface area contributed by atoms with Crippen molar-refractivity contribution in [3.8, 4) is 0 Å². The number of carbonyl (C=O) groups excluding carboxylic acids is 1. The topological polar surface area (TPSA) is 60.9 Å². The summed E-state index contributed by atoms with van der Waals surface area (Å²) >= 11 is 0. The van der Waals surface area contributed by atoms with Crippen LogP contribution in [0.3, 0.4) is 0 Å². The Morgan fingerprint density at radius 2 is 1.73 bits per heavy atom. The van der Waals surface area contributed by atoms with Gasteiger partial charge in [0.2, 0.25) is 5.91 Å². The number of carbonyl (C=O) groups is 2. The number of likely N-dealkylation sites (tertiary alicyclic amines) is 1. The summed E-state index contributed by atoms with van der Waals surface area (Å²) in [4.78, 5) is 27.9. The molecule has 1 aliphatic heterocycles. The molecule has 1 atom stereocenters. The van der Waals surface area contributed by atoms with Gasteiger partial charge in [-0.15, -0.1) is 12.4 Å². The highest BCUT2D eigenvalue weighted by Gasteiger charge is 2.31. The fourth-order valence-corrected chi connectivity index (χ4v) is 4.64. The second kappa shape index (κ2) is 11.8. The molecule has 26 heavy (non-hydrogen) atoms. The molecule has 1 amide bonds. The summed E-state index contributed by atoms with van der Waals surface area (Å²) < 4.78 is 0. The van der Waals surface area contributed by atoms with E-state index in [0.29, 0.717) is 5.91 Å².